The molecular formula is C9H6BrCl2FN2O2. The number of urea groups is 1. The lowest BCUT2D eigenvalue weighted by Gasteiger charge is -2.09. The van der Waals surface area contributed by atoms with E-state index in [4.69, 9.17) is 23.2 Å². The number of alkyl halides is 1. The highest BCUT2D eigenvalue weighted by molar-refractivity contribution is 9.10. The number of rotatable bonds is 2. The van der Waals surface area contributed by atoms with Crippen LogP contribution in [0, 0.1) is 5.82 Å². The molecule has 92 valence electrons. The van der Waals surface area contributed by atoms with E-state index >= 15 is 0 Å². The van der Waals surface area contributed by atoms with Crippen LogP contribution in [0.25, 0.3) is 0 Å². The van der Waals surface area contributed by atoms with Gasteiger partial charge in [0.2, 0.25) is 5.91 Å². The van der Waals surface area contributed by atoms with Gasteiger partial charge in [-0.1, -0.05) is 11.6 Å². The van der Waals surface area contributed by atoms with Gasteiger partial charge >= 0.3 is 6.03 Å². The van der Waals surface area contributed by atoms with Crippen molar-refractivity contribution in [2.75, 3.05) is 11.2 Å². The summed E-state index contributed by atoms with van der Waals surface area (Å²) in [6.07, 6.45) is 0. The lowest BCUT2D eigenvalue weighted by Crippen LogP contribution is -2.35. The van der Waals surface area contributed by atoms with Gasteiger partial charge in [-0.15, -0.1) is 11.6 Å². The Balaban J connectivity index is 2.82. The Labute approximate surface area is 115 Å². The zero-order valence-electron chi connectivity index (χ0n) is 8.19. The Kier molecular flexibility index (Phi) is 5.17. The summed E-state index contributed by atoms with van der Waals surface area (Å²) in [6, 6.07) is 1.36. The molecule has 4 nitrogen and oxygen atoms in total. The molecule has 0 aromatic heterocycles. The van der Waals surface area contributed by atoms with E-state index in [0.29, 0.717) is 0 Å². The Bertz CT molecular complexity index is 447. The number of hydrogen-bond acceptors (Lipinski definition) is 2. The summed E-state index contributed by atoms with van der Waals surface area (Å²) < 4.78 is 13.2. The molecule has 1 aromatic rings. The van der Waals surface area contributed by atoms with Crippen molar-refractivity contribution in [1.82, 2.24) is 5.32 Å². The van der Waals surface area contributed by atoms with E-state index in [-0.39, 0.29) is 21.1 Å². The second-order valence-electron chi connectivity index (χ2n) is 2.88. The number of amides is 3. The van der Waals surface area contributed by atoms with Crippen molar-refractivity contribution in [3.8, 4) is 0 Å². The molecule has 3 amide bonds. The fraction of sp³-hybridized carbons (Fsp3) is 0.111. The molecule has 17 heavy (non-hydrogen) atoms. The van der Waals surface area contributed by atoms with Crippen molar-refractivity contribution < 1.29 is 14.0 Å². The van der Waals surface area contributed by atoms with Gasteiger partial charge in [-0.05, 0) is 28.1 Å². The number of halogens is 4. The first-order valence-corrected chi connectivity index (χ1v) is 5.96. The predicted molar refractivity (Wildman–Crippen MR) is 67.0 cm³/mol. The molecule has 0 heterocycles. The molecule has 0 aliphatic rings. The van der Waals surface area contributed by atoms with Gasteiger partial charge < -0.3 is 5.32 Å². The summed E-state index contributed by atoms with van der Waals surface area (Å²) in [5, 5.41) is 4.25. The van der Waals surface area contributed by atoms with Gasteiger partial charge in [-0.25, -0.2) is 9.18 Å². The average Bonchev–Trinajstić information content (AvgIpc) is 2.23. The minimum atomic E-state index is -0.801. The van der Waals surface area contributed by atoms with Crippen LogP contribution in [0.1, 0.15) is 0 Å². The molecule has 1 rings (SSSR count). The molecule has 0 saturated heterocycles. The minimum absolute atomic E-state index is 0.00495. The highest BCUT2D eigenvalue weighted by Crippen LogP contribution is 2.31. The van der Waals surface area contributed by atoms with Crippen molar-refractivity contribution >= 4 is 56.8 Å². The molecular weight excluding hydrogens is 338 g/mol. The number of imide groups is 1. The van der Waals surface area contributed by atoms with E-state index in [0.717, 1.165) is 12.1 Å². The molecule has 0 unspecified atom stereocenters. The summed E-state index contributed by atoms with van der Waals surface area (Å²) in [7, 11) is 0. The first-order chi connectivity index (χ1) is 7.93. The lowest BCUT2D eigenvalue weighted by atomic mass is 10.3. The van der Waals surface area contributed by atoms with Crippen molar-refractivity contribution in [3.05, 3.63) is 27.4 Å². The lowest BCUT2D eigenvalue weighted by molar-refractivity contribution is -0.117. The maximum Gasteiger partial charge on any atom is 0.325 e. The number of carbonyl (C=O) groups excluding carboxylic acids is 2. The third-order valence-corrected chi connectivity index (χ3v) is 2.79. The molecule has 0 atom stereocenters. The van der Waals surface area contributed by atoms with E-state index in [1.807, 2.05) is 5.32 Å². The Hall–Kier alpha value is -0.850. The van der Waals surface area contributed by atoms with Crippen LogP contribution in [0.4, 0.5) is 14.9 Å². The maximum absolute atomic E-state index is 12.9. The average molecular weight is 344 g/mol. The summed E-state index contributed by atoms with van der Waals surface area (Å²) in [5.41, 5.74) is 0.160. The largest absolute Gasteiger partial charge is 0.325 e. The van der Waals surface area contributed by atoms with Crippen LogP contribution in [0.5, 0.6) is 0 Å². The first kappa shape index (κ1) is 14.2. The fourth-order valence-corrected chi connectivity index (χ4v) is 1.93. The minimum Gasteiger partial charge on any atom is -0.305 e. The molecule has 0 radical (unpaired) electrons. The molecule has 0 aliphatic heterocycles. The van der Waals surface area contributed by atoms with Crippen molar-refractivity contribution in [2.24, 2.45) is 0 Å². The van der Waals surface area contributed by atoms with E-state index in [2.05, 4.69) is 21.2 Å². The van der Waals surface area contributed by atoms with Crippen LogP contribution in [-0.4, -0.2) is 17.8 Å². The third kappa shape index (κ3) is 4.14. The van der Waals surface area contributed by atoms with Gasteiger partial charge in [0, 0.05) is 4.47 Å². The summed E-state index contributed by atoms with van der Waals surface area (Å²) in [4.78, 5) is 22.1. The molecule has 0 aliphatic carbocycles. The van der Waals surface area contributed by atoms with Crippen LogP contribution in [-0.2, 0) is 4.79 Å². The van der Waals surface area contributed by atoms with Crippen molar-refractivity contribution in [1.29, 1.82) is 0 Å². The second-order valence-corrected chi connectivity index (χ2v) is 4.41. The molecule has 0 bridgehead atoms. The van der Waals surface area contributed by atoms with Crippen molar-refractivity contribution in [2.45, 2.75) is 0 Å². The SMILES string of the molecule is O=C(CCl)NC(=O)Nc1c(Cl)cc(F)cc1Br. The van der Waals surface area contributed by atoms with Crippen LogP contribution in [0.2, 0.25) is 5.02 Å². The van der Waals surface area contributed by atoms with E-state index < -0.39 is 17.8 Å². The number of benzene rings is 1. The topological polar surface area (TPSA) is 58.2 Å². The molecule has 0 spiro atoms. The van der Waals surface area contributed by atoms with Gasteiger partial charge in [0.1, 0.15) is 11.7 Å². The highest BCUT2D eigenvalue weighted by Gasteiger charge is 2.12. The predicted octanol–water partition coefficient (Wildman–Crippen LogP) is 3.13. The van der Waals surface area contributed by atoms with Gasteiger partial charge in [-0.2, -0.15) is 0 Å². The zero-order valence-corrected chi connectivity index (χ0v) is 11.3. The monoisotopic (exact) mass is 342 g/mol. The number of nitrogens with one attached hydrogen (secondary N) is 2. The van der Waals surface area contributed by atoms with Crippen LogP contribution < -0.4 is 10.6 Å². The van der Waals surface area contributed by atoms with E-state index in [1.165, 1.54) is 0 Å². The van der Waals surface area contributed by atoms with Crippen LogP contribution >= 0.6 is 39.1 Å². The van der Waals surface area contributed by atoms with Gasteiger partial charge in [0.25, 0.3) is 0 Å². The second kappa shape index (κ2) is 6.18. The summed E-state index contributed by atoms with van der Waals surface area (Å²) >= 11 is 14.0. The molecule has 1 aromatic carbocycles. The Morgan fingerprint density at radius 1 is 1.41 bits per heavy atom. The highest BCUT2D eigenvalue weighted by atomic mass is 79.9. The molecule has 0 saturated carbocycles. The van der Waals surface area contributed by atoms with E-state index in [1.54, 1.807) is 0 Å². The number of hydrogen-bond donors (Lipinski definition) is 2. The number of anilines is 1. The fourth-order valence-electron chi connectivity index (χ4n) is 0.966. The summed E-state index contributed by atoms with van der Waals surface area (Å²) in [6.45, 7) is 0. The third-order valence-electron chi connectivity index (χ3n) is 1.62. The van der Waals surface area contributed by atoms with Crippen molar-refractivity contribution in [3.63, 3.8) is 0 Å². The summed E-state index contributed by atoms with van der Waals surface area (Å²) in [5.74, 6) is -1.55. The molecule has 0 fully saturated rings. The van der Waals surface area contributed by atoms with Crippen LogP contribution in [0.15, 0.2) is 16.6 Å². The zero-order chi connectivity index (χ0) is 13.0. The Morgan fingerprint density at radius 2 is 2.06 bits per heavy atom. The normalized spacial score (nSPS) is 9.88. The quantitative estimate of drug-likeness (QED) is 0.810. The standard InChI is InChI=1S/C9H6BrCl2FN2O2/c10-5-1-4(13)2-6(12)8(5)15-9(17)14-7(16)3-11/h1-2H,3H2,(H2,14,15,16,17). The van der Waals surface area contributed by atoms with E-state index in [9.17, 15) is 14.0 Å². The van der Waals surface area contributed by atoms with Gasteiger partial charge in [-0.3, -0.25) is 10.1 Å². The van der Waals surface area contributed by atoms with Gasteiger partial charge in [0.05, 0.1) is 10.7 Å². The molecule has 2 N–H and O–H groups in total. The smallest absolute Gasteiger partial charge is 0.305 e. The van der Waals surface area contributed by atoms with Gasteiger partial charge in [0.15, 0.2) is 0 Å². The first-order valence-electron chi connectivity index (χ1n) is 4.25. The number of carbonyl (C=O) groups is 2. The Morgan fingerprint density at radius 3 is 2.59 bits per heavy atom. The van der Waals surface area contributed by atoms with Crippen LogP contribution in [0.3, 0.4) is 0 Å². The maximum atomic E-state index is 12.9. The molecule has 8 heteroatoms.